The molecule has 1 aliphatic heterocycles. The van der Waals surface area contributed by atoms with Gasteiger partial charge in [-0.05, 0) is 31.2 Å². The van der Waals surface area contributed by atoms with Crippen LogP contribution in [-0.2, 0) is 7.05 Å². The van der Waals surface area contributed by atoms with Gasteiger partial charge in [-0.3, -0.25) is 9.48 Å². The summed E-state index contributed by atoms with van der Waals surface area (Å²) in [5.74, 6) is 0.623. The van der Waals surface area contributed by atoms with Gasteiger partial charge in [0.1, 0.15) is 0 Å². The fraction of sp³-hybridized carbons (Fsp3) is 0.579. The molecule has 1 N–H and O–H groups in total. The van der Waals surface area contributed by atoms with E-state index in [9.17, 15) is 9.90 Å². The van der Waals surface area contributed by atoms with Crippen LogP contribution in [0.2, 0.25) is 0 Å². The third kappa shape index (κ3) is 2.25. The lowest BCUT2D eigenvalue weighted by atomic mass is 9.69. The molecule has 4 rings (SSSR count). The van der Waals surface area contributed by atoms with Crippen molar-refractivity contribution in [3.8, 4) is 0 Å². The Balaban J connectivity index is 1.64. The number of aryl methyl sites for hydroxylation is 1. The summed E-state index contributed by atoms with van der Waals surface area (Å²) in [6.07, 6.45) is 3.79. The molecule has 1 saturated heterocycles. The number of hydrogen-bond acceptors (Lipinski definition) is 3. The minimum atomic E-state index is -0.607. The van der Waals surface area contributed by atoms with E-state index in [1.54, 1.807) is 4.68 Å². The highest BCUT2D eigenvalue weighted by molar-refractivity contribution is 6.04. The van der Waals surface area contributed by atoms with Crippen molar-refractivity contribution in [2.24, 2.45) is 18.9 Å². The van der Waals surface area contributed by atoms with E-state index in [-0.39, 0.29) is 11.8 Å². The Labute approximate surface area is 142 Å². The highest BCUT2D eigenvalue weighted by Crippen LogP contribution is 2.44. The third-order valence-corrected chi connectivity index (χ3v) is 6.18. The topological polar surface area (TPSA) is 58.4 Å². The van der Waals surface area contributed by atoms with E-state index in [0.29, 0.717) is 18.2 Å². The second-order valence-electron chi connectivity index (χ2n) is 7.42. The quantitative estimate of drug-likeness (QED) is 0.922. The number of aromatic nitrogens is 2. The van der Waals surface area contributed by atoms with E-state index >= 15 is 0 Å². The van der Waals surface area contributed by atoms with Gasteiger partial charge in [0.05, 0.1) is 11.1 Å². The smallest absolute Gasteiger partial charge is 0.275 e. The number of fused-ring (bicyclic) bond motifs is 2. The van der Waals surface area contributed by atoms with Crippen molar-refractivity contribution in [1.82, 2.24) is 14.7 Å². The molecule has 2 aliphatic rings. The predicted molar refractivity (Wildman–Crippen MR) is 92.7 cm³/mol. The minimum absolute atomic E-state index is 0.000321. The standard InChI is InChI=1S/C19H25N3O2/c1-3-19(24)10-6-7-13-11-22(12-15(13)19)18(23)17-14-8-4-5-9-16(14)21(2)20-17/h4-5,8-9,13,15,24H,3,6-7,10-12H2,1-2H3/t13-,15+,19-/m1/s1. The molecule has 0 bridgehead atoms. The van der Waals surface area contributed by atoms with Crippen LogP contribution in [0.5, 0.6) is 0 Å². The van der Waals surface area contributed by atoms with Gasteiger partial charge in [-0.25, -0.2) is 0 Å². The highest BCUT2D eigenvalue weighted by Gasteiger charge is 2.49. The molecule has 24 heavy (non-hydrogen) atoms. The Bertz CT molecular complexity index is 784. The van der Waals surface area contributed by atoms with Gasteiger partial charge in [0.15, 0.2) is 5.69 Å². The molecule has 5 nitrogen and oxygen atoms in total. The molecule has 128 valence electrons. The van der Waals surface area contributed by atoms with Crippen molar-refractivity contribution in [2.75, 3.05) is 13.1 Å². The fourth-order valence-electron chi connectivity index (χ4n) is 4.75. The van der Waals surface area contributed by atoms with Crippen molar-refractivity contribution in [2.45, 2.75) is 38.2 Å². The maximum absolute atomic E-state index is 13.1. The van der Waals surface area contributed by atoms with Crippen LogP contribution in [0.3, 0.4) is 0 Å². The first-order valence-electron chi connectivity index (χ1n) is 8.97. The molecule has 2 aromatic rings. The highest BCUT2D eigenvalue weighted by atomic mass is 16.3. The molecule has 2 fully saturated rings. The molecule has 0 spiro atoms. The number of hydrogen-bond donors (Lipinski definition) is 1. The number of para-hydroxylation sites is 1. The van der Waals surface area contributed by atoms with Crippen LogP contribution in [0, 0.1) is 11.8 Å². The number of amides is 1. The molecule has 2 heterocycles. The average Bonchev–Trinajstić information content (AvgIpc) is 3.18. The van der Waals surface area contributed by atoms with Crippen LogP contribution in [0.15, 0.2) is 24.3 Å². The molecule has 1 aromatic heterocycles. The van der Waals surface area contributed by atoms with Crippen molar-refractivity contribution in [1.29, 1.82) is 0 Å². The second kappa shape index (κ2) is 5.59. The number of carbonyl (C=O) groups excluding carboxylic acids is 1. The molecule has 1 saturated carbocycles. The average molecular weight is 327 g/mol. The Kier molecular flexibility index (Phi) is 3.64. The largest absolute Gasteiger partial charge is 0.390 e. The zero-order valence-corrected chi connectivity index (χ0v) is 14.4. The number of rotatable bonds is 2. The maximum Gasteiger partial charge on any atom is 0.275 e. The van der Waals surface area contributed by atoms with E-state index in [1.807, 2.05) is 36.2 Å². The van der Waals surface area contributed by atoms with E-state index in [1.165, 1.54) is 0 Å². The van der Waals surface area contributed by atoms with Gasteiger partial charge in [-0.15, -0.1) is 0 Å². The van der Waals surface area contributed by atoms with E-state index < -0.39 is 5.60 Å². The molecule has 0 unspecified atom stereocenters. The molecule has 0 radical (unpaired) electrons. The number of carbonyl (C=O) groups is 1. The summed E-state index contributed by atoms with van der Waals surface area (Å²) < 4.78 is 1.77. The lowest BCUT2D eigenvalue weighted by Crippen LogP contribution is -2.44. The Morgan fingerprint density at radius 2 is 2.17 bits per heavy atom. The second-order valence-corrected chi connectivity index (χ2v) is 7.42. The SMILES string of the molecule is CC[C@@]1(O)CCC[C@@H]2CN(C(=O)c3nn(C)c4ccccc34)C[C@@H]21. The summed E-state index contributed by atoms with van der Waals surface area (Å²) in [6.45, 7) is 3.45. The van der Waals surface area contributed by atoms with Gasteiger partial charge >= 0.3 is 0 Å². The van der Waals surface area contributed by atoms with Crippen LogP contribution in [0.4, 0.5) is 0 Å². The fourth-order valence-corrected chi connectivity index (χ4v) is 4.75. The molecule has 3 atom stereocenters. The first-order chi connectivity index (χ1) is 11.5. The molecule has 5 heteroatoms. The van der Waals surface area contributed by atoms with Crippen molar-refractivity contribution in [3.63, 3.8) is 0 Å². The Morgan fingerprint density at radius 1 is 1.38 bits per heavy atom. The van der Waals surface area contributed by atoms with Crippen LogP contribution in [-0.4, -0.2) is 44.4 Å². The first kappa shape index (κ1) is 15.6. The maximum atomic E-state index is 13.1. The van der Waals surface area contributed by atoms with E-state index in [4.69, 9.17) is 0 Å². The summed E-state index contributed by atoms with van der Waals surface area (Å²) in [6, 6.07) is 7.85. The van der Waals surface area contributed by atoms with Crippen LogP contribution in [0.1, 0.15) is 43.1 Å². The predicted octanol–water partition coefficient (Wildman–Crippen LogP) is 2.59. The van der Waals surface area contributed by atoms with Crippen molar-refractivity contribution < 1.29 is 9.90 Å². The minimum Gasteiger partial charge on any atom is -0.390 e. The van der Waals surface area contributed by atoms with E-state index in [2.05, 4.69) is 12.0 Å². The van der Waals surface area contributed by atoms with E-state index in [0.717, 1.165) is 43.1 Å². The zero-order valence-electron chi connectivity index (χ0n) is 14.4. The molecule has 1 aliphatic carbocycles. The summed E-state index contributed by atoms with van der Waals surface area (Å²) in [5, 5.41) is 16.3. The lowest BCUT2D eigenvalue weighted by Gasteiger charge is -2.40. The van der Waals surface area contributed by atoms with Crippen LogP contribution in [0.25, 0.3) is 10.9 Å². The van der Waals surface area contributed by atoms with Gasteiger partial charge in [-0.1, -0.05) is 31.5 Å². The van der Waals surface area contributed by atoms with Gasteiger partial charge in [0.25, 0.3) is 5.91 Å². The summed E-state index contributed by atoms with van der Waals surface area (Å²) in [5.41, 5.74) is 0.902. The summed E-state index contributed by atoms with van der Waals surface area (Å²) in [7, 11) is 1.87. The number of aliphatic hydroxyl groups is 1. The summed E-state index contributed by atoms with van der Waals surface area (Å²) in [4.78, 5) is 15.0. The number of nitrogens with zero attached hydrogens (tertiary/aromatic N) is 3. The molecular formula is C19H25N3O2. The number of benzene rings is 1. The Hall–Kier alpha value is -1.88. The van der Waals surface area contributed by atoms with Gasteiger partial charge < -0.3 is 10.0 Å². The summed E-state index contributed by atoms with van der Waals surface area (Å²) >= 11 is 0. The number of likely N-dealkylation sites (tertiary alicyclic amines) is 1. The molecule has 1 aromatic carbocycles. The van der Waals surface area contributed by atoms with Gasteiger partial charge in [-0.2, -0.15) is 5.10 Å². The Morgan fingerprint density at radius 3 is 2.96 bits per heavy atom. The molecular weight excluding hydrogens is 302 g/mol. The first-order valence-corrected chi connectivity index (χ1v) is 8.97. The van der Waals surface area contributed by atoms with Crippen LogP contribution < -0.4 is 0 Å². The van der Waals surface area contributed by atoms with Gasteiger partial charge in [0.2, 0.25) is 0 Å². The van der Waals surface area contributed by atoms with Crippen LogP contribution >= 0.6 is 0 Å². The third-order valence-electron chi connectivity index (χ3n) is 6.18. The van der Waals surface area contributed by atoms with Gasteiger partial charge in [0, 0.05) is 31.4 Å². The normalized spacial score (nSPS) is 29.9. The zero-order chi connectivity index (χ0) is 16.9. The van der Waals surface area contributed by atoms with Crippen molar-refractivity contribution in [3.05, 3.63) is 30.0 Å². The van der Waals surface area contributed by atoms with Crippen molar-refractivity contribution >= 4 is 16.8 Å². The molecule has 1 amide bonds. The monoisotopic (exact) mass is 327 g/mol. The lowest BCUT2D eigenvalue weighted by molar-refractivity contribution is -0.0609.